The zero-order valence-electron chi connectivity index (χ0n) is 13.2. The first-order valence-electron chi connectivity index (χ1n) is 7.75. The third-order valence-corrected chi connectivity index (χ3v) is 6.31. The van der Waals surface area contributed by atoms with E-state index in [1.807, 2.05) is 26.0 Å². The monoisotopic (exact) mass is 310 g/mol. The maximum atomic E-state index is 12.8. The molecule has 1 aliphatic rings. The average Bonchev–Trinajstić information content (AvgIpc) is 2.99. The van der Waals surface area contributed by atoms with Crippen LogP contribution in [-0.4, -0.2) is 32.4 Å². The smallest absolute Gasteiger partial charge is 0.243 e. The van der Waals surface area contributed by atoms with E-state index in [1.165, 1.54) is 0 Å². The van der Waals surface area contributed by atoms with Crippen molar-refractivity contribution >= 4 is 10.0 Å². The lowest BCUT2D eigenvalue weighted by Gasteiger charge is -2.24. The lowest BCUT2D eigenvalue weighted by atomic mass is 10.1. The highest BCUT2D eigenvalue weighted by Crippen LogP contribution is 2.28. The molecule has 0 radical (unpaired) electrons. The molecule has 0 unspecified atom stereocenters. The van der Waals surface area contributed by atoms with E-state index in [9.17, 15) is 8.42 Å². The highest BCUT2D eigenvalue weighted by atomic mass is 32.2. The van der Waals surface area contributed by atoms with E-state index in [-0.39, 0.29) is 6.04 Å². The van der Waals surface area contributed by atoms with Crippen molar-refractivity contribution in [3.8, 4) is 0 Å². The van der Waals surface area contributed by atoms with Crippen LogP contribution < -0.4 is 5.32 Å². The van der Waals surface area contributed by atoms with Gasteiger partial charge >= 0.3 is 0 Å². The summed E-state index contributed by atoms with van der Waals surface area (Å²) in [4.78, 5) is 0.412. The predicted molar refractivity (Wildman–Crippen MR) is 85.8 cm³/mol. The van der Waals surface area contributed by atoms with E-state index >= 15 is 0 Å². The van der Waals surface area contributed by atoms with Gasteiger partial charge in [0.2, 0.25) is 10.0 Å². The molecule has 1 aliphatic carbocycles. The molecule has 4 nitrogen and oxygen atoms in total. The molecule has 0 spiro atoms. The second kappa shape index (κ2) is 6.90. The van der Waals surface area contributed by atoms with Crippen LogP contribution >= 0.6 is 0 Å². The molecule has 1 fully saturated rings. The standard InChI is InChI=1S/C16H26N2O2S/c1-4-17-12-14-11-16(10-9-13(14)2)21(19,20)18(3)15-7-5-6-8-15/h9-11,15,17H,4-8,12H2,1-3H3. The van der Waals surface area contributed by atoms with Crippen molar-refractivity contribution in [1.82, 2.24) is 9.62 Å². The Bertz CT molecular complexity index is 578. The number of nitrogens with zero attached hydrogens (tertiary/aromatic N) is 1. The number of nitrogens with one attached hydrogen (secondary N) is 1. The minimum absolute atomic E-state index is 0.161. The molecule has 0 saturated heterocycles. The van der Waals surface area contributed by atoms with Crippen molar-refractivity contribution in [2.75, 3.05) is 13.6 Å². The summed E-state index contributed by atoms with van der Waals surface area (Å²) in [6.45, 7) is 5.64. The highest BCUT2D eigenvalue weighted by molar-refractivity contribution is 7.89. The zero-order valence-corrected chi connectivity index (χ0v) is 14.0. The van der Waals surface area contributed by atoms with E-state index < -0.39 is 10.0 Å². The summed E-state index contributed by atoms with van der Waals surface area (Å²) >= 11 is 0. The number of aryl methyl sites for hydroxylation is 1. The van der Waals surface area contributed by atoms with Gasteiger partial charge in [0.15, 0.2) is 0 Å². The molecule has 1 aromatic carbocycles. The van der Waals surface area contributed by atoms with Crippen molar-refractivity contribution < 1.29 is 8.42 Å². The third kappa shape index (κ3) is 3.65. The minimum Gasteiger partial charge on any atom is -0.313 e. The van der Waals surface area contributed by atoms with Crippen molar-refractivity contribution in [2.24, 2.45) is 0 Å². The van der Waals surface area contributed by atoms with Gasteiger partial charge in [-0.3, -0.25) is 0 Å². The van der Waals surface area contributed by atoms with Crippen LogP contribution in [0.2, 0.25) is 0 Å². The number of sulfonamides is 1. The first-order valence-corrected chi connectivity index (χ1v) is 9.19. The number of benzene rings is 1. The molecule has 0 amide bonds. The van der Waals surface area contributed by atoms with E-state index in [0.717, 1.165) is 43.4 Å². The Morgan fingerprint density at radius 2 is 1.95 bits per heavy atom. The Balaban J connectivity index is 2.26. The largest absolute Gasteiger partial charge is 0.313 e. The molecular weight excluding hydrogens is 284 g/mol. The molecule has 21 heavy (non-hydrogen) atoms. The molecule has 0 atom stereocenters. The summed E-state index contributed by atoms with van der Waals surface area (Å²) in [6.07, 6.45) is 4.21. The topological polar surface area (TPSA) is 49.4 Å². The van der Waals surface area contributed by atoms with Crippen molar-refractivity contribution in [3.63, 3.8) is 0 Å². The van der Waals surface area contributed by atoms with Crippen LogP contribution in [0.1, 0.15) is 43.7 Å². The van der Waals surface area contributed by atoms with Crippen LogP contribution in [0.5, 0.6) is 0 Å². The molecule has 5 heteroatoms. The Morgan fingerprint density at radius 1 is 1.29 bits per heavy atom. The van der Waals surface area contributed by atoms with Gasteiger partial charge in [0.05, 0.1) is 4.90 Å². The molecule has 2 rings (SSSR count). The van der Waals surface area contributed by atoms with Gasteiger partial charge in [-0.2, -0.15) is 4.31 Å². The summed E-state index contributed by atoms with van der Waals surface area (Å²) < 4.78 is 27.1. The summed E-state index contributed by atoms with van der Waals surface area (Å²) in [6, 6.07) is 5.61. The maximum absolute atomic E-state index is 12.8. The fourth-order valence-electron chi connectivity index (χ4n) is 2.89. The zero-order chi connectivity index (χ0) is 15.5. The third-order valence-electron chi connectivity index (χ3n) is 4.40. The Morgan fingerprint density at radius 3 is 2.57 bits per heavy atom. The molecule has 1 aromatic rings. The average molecular weight is 310 g/mol. The summed E-state index contributed by atoms with van der Waals surface area (Å²) in [5.74, 6) is 0. The van der Waals surface area contributed by atoms with Crippen molar-refractivity contribution in [3.05, 3.63) is 29.3 Å². The molecule has 0 aliphatic heterocycles. The molecule has 118 valence electrons. The fourth-order valence-corrected chi connectivity index (χ4v) is 4.36. The van der Waals surface area contributed by atoms with Gasteiger partial charge in [0, 0.05) is 19.6 Å². The normalized spacial score (nSPS) is 16.8. The van der Waals surface area contributed by atoms with Crippen LogP contribution in [0.15, 0.2) is 23.1 Å². The first-order chi connectivity index (χ1) is 9.96. The second-order valence-electron chi connectivity index (χ2n) is 5.83. The Hall–Kier alpha value is -0.910. The fraction of sp³-hybridized carbons (Fsp3) is 0.625. The maximum Gasteiger partial charge on any atom is 0.243 e. The molecule has 1 saturated carbocycles. The molecule has 0 heterocycles. The van der Waals surface area contributed by atoms with E-state index in [1.54, 1.807) is 17.4 Å². The van der Waals surface area contributed by atoms with Gasteiger partial charge in [-0.05, 0) is 49.6 Å². The van der Waals surface area contributed by atoms with E-state index in [4.69, 9.17) is 0 Å². The van der Waals surface area contributed by atoms with Gasteiger partial charge in [0.1, 0.15) is 0 Å². The quantitative estimate of drug-likeness (QED) is 0.879. The van der Waals surface area contributed by atoms with Crippen LogP contribution in [0.4, 0.5) is 0 Å². The van der Waals surface area contributed by atoms with Crippen molar-refractivity contribution in [2.45, 2.75) is 57.0 Å². The predicted octanol–water partition coefficient (Wildman–Crippen LogP) is 2.67. The Kier molecular flexibility index (Phi) is 5.41. The molecule has 0 aromatic heterocycles. The molecular formula is C16H26N2O2S. The summed E-state index contributed by atoms with van der Waals surface area (Å²) in [5, 5.41) is 3.26. The highest BCUT2D eigenvalue weighted by Gasteiger charge is 2.30. The lowest BCUT2D eigenvalue weighted by molar-refractivity contribution is 0.373. The Labute approximate surface area is 128 Å². The van der Waals surface area contributed by atoms with Gasteiger partial charge in [-0.15, -0.1) is 0 Å². The first kappa shape index (κ1) is 16.5. The van der Waals surface area contributed by atoms with Crippen LogP contribution in [0.25, 0.3) is 0 Å². The van der Waals surface area contributed by atoms with Gasteiger partial charge in [-0.1, -0.05) is 25.8 Å². The lowest BCUT2D eigenvalue weighted by Crippen LogP contribution is -2.35. The second-order valence-corrected chi connectivity index (χ2v) is 7.83. The van der Waals surface area contributed by atoms with Crippen molar-refractivity contribution in [1.29, 1.82) is 0 Å². The van der Waals surface area contributed by atoms with Gasteiger partial charge in [0.25, 0.3) is 0 Å². The molecule has 0 bridgehead atoms. The van der Waals surface area contributed by atoms with Crippen LogP contribution in [0, 0.1) is 6.92 Å². The van der Waals surface area contributed by atoms with Gasteiger partial charge < -0.3 is 5.32 Å². The van der Waals surface area contributed by atoms with E-state index in [0.29, 0.717) is 11.4 Å². The minimum atomic E-state index is -3.38. The van der Waals surface area contributed by atoms with Crippen LogP contribution in [0.3, 0.4) is 0 Å². The number of hydrogen-bond acceptors (Lipinski definition) is 3. The summed E-state index contributed by atoms with van der Waals surface area (Å²) in [7, 11) is -1.66. The number of hydrogen-bond donors (Lipinski definition) is 1. The summed E-state index contributed by atoms with van der Waals surface area (Å²) in [5.41, 5.74) is 2.18. The SMILES string of the molecule is CCNCc1cc(S(=O)(=O)N(C)C2CCCC2)ccc1C. The van der Waals surface area contributed by atoms with Gasteiger partial charge in [-0.25, -0.2) is 8.42 Å². The number of rotatable bonds is 6. The molecule has 1 N–H and O–H groups in total. The van der Waals surface area contributed by atoms with Crippen LogP contribution in [-0.2, 0) is 16.6 Å². The van der Waals surface area contributed by atoms with E-state index in [2.05, 4.69) is 5.32 Å².